The number of allylic oxidation sites excluding steroid dienone is 2. The summed E-state index contributed by atoms with van der Waals surface area (Å²) >= 11 is 2.69. The van der Waals surface area contributed by atoms with E-state index in [4.69, 9.17) is 0 Å². The summed E-state index contributed by atoms with van der Waals surface area (Å²) in [5.74, 6) is 0.681. The molecule has 3 nitrogen and oxygen atoms in total. The van der Waals surface area contributed by atoms with Crippen LogP contribution >= 0.6 is 23.5 Å². The van der Waals surface area contributed by atoms with Crippen molar-refractivity contribution < 1.29 is 22.8 Å². The van der Waals surface area contributed by atoms with Crippen LogP contribution < -0.4 is 0 Å². The van der Waals surface area contributed by atoms with Crippen LogP contribution in [0.2, 0.25) is 0 Å². The van der Waals surface area contributed by atoms with Gasteiger partial charge in [-0.1, -0.05) is 13.8 Å². The van der Waals surface area contributed by atoms with E-state index in [1.54, 1.807) is 6.92 Å². The Hall–Kier alpha value is -0.600. The molecule has 0 amide bonds. The molecule has 0 bridgehead atoms. The van der Waals surface area contributed by atoms with Gasteiger partial charge in [0.15, 0.2) is 5.78 Å². The average molecular weight is 339 g/mol. The van der Waals surface area contributed by atoms with E-state index < -0.39 is 11.7 Å². The van der Waals surface area contributed by atoms with E-state index >= 15 is 0 Å². The molecule has 2 rings (SSSR count). The molecule has 0 aromatic rings. The zero-order chi connectivity index (χ0) is 15.6. The Labute approximate surface area is 129 Å². The molecule has 0 saturated heterocycles. The number of rotatable bonds is 5. The summed E-state index contributed by atoms with van der Waals surface area (Å²) in [4.78, 5) is 17.2. The fourth-order valence-corrected chi connectivity index (χ4v) is 4.45. The van der Waals surface area contributed by atoms with Gasteiger partial charge in [0.05, 0.1) is 5.70 Å². The first-order valence-electron chi connectivity index (χ1n) is 6.68. The monoisotopic (exact) mass is 339 g/mol. The number of carbonyl (C=O) groups excluding carboxylic acids is 1. The van der Waals surface area contributed by atoms with E-state index in [1.807, 2.05) is 6.92 Å². The van der Waals surface area contributed by atoms with E-state index in [0.29, 0.717) is 21.9 Å². The van der Waals surface area contributed by atoms with Gasteiger partial charge >= 0.3 is 6.36 Å². The van der Waals surface area contributed by atoms with Crippen LogP contribution in [-0.4, -0.2) is 28.3 Å². The Balaban J connectivity index is 2.30. The molecule has 1 unspecified atom stereocenters. The lowest BCUT2D eigenvalue weighted by atomic mass is 10.1. The highest BCUT2D eigenvalue weighted by atomic mass is 32.2. The summed E-state index contributed by atoms with van der Waals surface area (Å²) in [6.07, 6.45) is -1.77. The summed E-state index contributed by atoms with van der Waals surface area (Å²) in [7, 11) is 0. The van der Waals surface area contributed by atoms with Crippen molar-refractivity contribution in [3.63, 3.8) is 0 Å². The molecule has 1 heterocycles. The quantitative estimate of drug-likeness (QED) is 0.739. The second kappa shape index (κ2) is 6.66. The van der Waals surface area contributed by atoms with Gasteiger partial charge in [0.2, 0.25) is 0 Å². The van der Waals surface area contributed by atoms with E-state index in [9.17, 15) is 18.0 Å². The molecular formula is C13H16F3NO2S2. The molecule has 0 fully saturated rings. The van der Waals surface area contributed by atoms with Crippen molar-refractivity contribution >= 4 is 29.3 Å². The number of hydrogen-bond acceptors (Lipinski definition) is 5. The molecule has 0 saturated carbocycles. The SMILES string of the molecule is CCCSC1=CC(=O)CC2=C1N(OC(F)(F)F)C(CC)S2. The minimum absolute atomic E-state index is 0.0661. The van der Waals surface area contributed by atoms with Crippen LogP contribution in [0.4, 0.5) is 13.2 Å². The van der Waals surface area contributed by atoms with Gasteiger partial charge < -0.3 is 0 Å². The van der Waals surface area contributed by atoms with Gasteiger partial charge in [-0.2, -0.15) is 4.84 Å². The predicted octanol–water partition coefficient (Wildman–Crippen LogP) is 4.43. The van der Waals surface area contributed by atoms with Gasteiger partial charge in [-0.15, -0.1) is 36.7 Å². The maximum atomic E-state index is 12.6. The lowest BCUT2D eigenvalue weighted by Crippen LogP contribution is -2.35. The fraction of sp³-hybridized carbons (Fsp3) is 0.615. The first-order chi connectivity index (χ1) is 9.85. The number of hydrogen-bond donors (Lipinski definition) is 0. The van der Waals surface area contributed by atoms with Crippen molar-refractivity contribution in [2.45, 2.75) is 44.8 Å². The van der Waals surface area contributed by atoms with Crippen molar-refractivity contribution in [2.75, 3.05) is 5.75 Å². The first-order valence-corrected chi connectivity index (χ1v) is 8.54. The Kier molecular flexibility index (Phi) is 5.32. The normalized spacial score (nSPS) is 22.7. The summed E-state index contributed by atoms with van der Waals surface area (Å²) in [5.41, 5.74) is 0.419. The van der Waals surface area contributed by atoms with Crippen LogP contribution in [0.15, 0.2) is 21.6 Å². The molecular weight excluding hydrogens is 323 g/mol. The predicted molar refractivity (Wildman–Crippen MR) is 78.1 cm³/mol. The molecule has 1 aliphatic carbocycles. The Morgan fingerprint density at radius 2 is 2.19 bits per heavy atom. The molecule has 0 N–H and O–H groups in total. The zero-order valence-electron chi connectivity index (χ0n) is 11.7. The molecule has 0 aromatic heterocycles. The highest BCUT2D eigenvalue weighted by Crippen LogP contribution is 2.49. The number of alkyl halides is 3. The third-order valence-electron chi connectivity index (χ3n) is 2.90. The van der Waals surface area contributed by atoms with Crippen molar-refractivity contribution in [2.24, 2.45) is 0 Å². The Bertz CT molecular complexity index is 488. The maximum absolute atomic E-state index is 12.6. The number of carbonyl (C=O) groups is 1. The number of halogens is 3. The lowest BCUT2D eigenvalue weighted by Gasteiger charge is -2.28. The van der Waals surface area contributed by atoms with Gasteiger partial charge in [0.25, 0.3) is 0 Å². The standard InChI is InChI=1S/C13H16F3NO2S2/c1-3-5-20-9-6-8(18)7-10-12(9)17(11(4-2)21-10)19-13(14,15)16/h6,11H,3-5,7H2,1-2H3. The molecule has 0 aromatic carbocycles. The van der Waals surface area contributed by atoms with E-state index in [0.717, 1.165) is 17.2 Å². The highest BCUT2D eigenvalue weighted by molar-refractivity contribution is 8.04. The molecule has 21 heavy (non-hydrogen) atoms. The van der Waals surface area contributed by atoms with Crippen molar-refractivity contribution in [1.29, 1.82) is 0 Å². The van der Waals surface area contributed by atoms with E-state index in [1.165, 1.54) is 29.6 Å². The van der Waals surface area contributed by atoms with Crippen LogP contribution in [0.3, 0.4) is 0 Å². The molecule has 2 aliphatic rings. The van der Waals surface area contributed by atoms with Gasteiger partial charge in [0, 0.05) is 16.2 Å². The summed E-state index contributed by atoms with van der Waals surface area (Å²) < 4.78 is 37.9. The number of hydroxylamine groups is 2. The number of ketones is 1. The van der Waals surface area contributed by atoms with Crippen molar-refractivity contribution in [3.05, 3.63) is 21.6 Å². The van der Waals surface area contributed by atoms with Crippen molar-refractivity contribution in [1.82, 2.24) is 5.06 Å². The molecule has 1 atom stereocenters. The van der Waals surface area contributed by atoms with Gasteiger partial charge in [0.1, 0.15) is 5.37 Å². The van der Waals surface area contributed by atoms with Gasteiger partial charge in [-0.05, 0) is 24.7 Å². The number of nitrogens with zero attached hydrogens (tertiary/aromatic N) is 1. The highest BCUT2D eigenvalue weighted by Gasteiger charge is 2.44. The smallest absolute Gasteiger partial charge is 0.294 e. The lowest BCUT2D eigenvalue weighted by molar-refractivity contribution is -0.406. The molecule has 0 radical (unpaired) electrons. The van der Waals surface area contributed by atoms with Gasteiger partial charge in [-0.3, -0.25) is 4.79 Å². The van der Waals surface area contributed by atoms with Crippen LogP contribution in [0.1, 0.15) is 33.1 Å². The molecule has 118 valence electrons. The third-order valence-corrected chi connectivity index (χ3v) is 5.55. The molecule has 8 heteroatoms. The summed E-state index contributed by atoms with van der Waals surface area (Å²) in [6, 6.07) is 0. The van der Waals surface area contributed by atoms with Crippen LogP contribution in [-0.2, 0) is 9.63 Å². The third kappa shape index (κ3) is 3.98. The van der Waals surface area contributed by atoms with Gasteiger partial charge in [-0.25, -0.2) is 5.06 Å². The topological polar surface area (TPSA) is 29.5 Å². The summed E-state index contributed by atoms with van der Waals surface area (Å²) in [6.45, 7) is 3.78. The van der Waals surface area contributed by atoms with E-state index in [2.05, 4.69) is 4.84 Å². The fourth-order valence-electron chi connectivity index (χ4n) is 2.12. The van der Waals surface area contributed by atoms with Crippen LogP contribution in [0, 0.1) is 0 Å². The average Bonchev–Trinajstić information content (AvgIpc) is 2.71. The first kappa shape index (κ1) is 16.8. The second-order valence-electron chi connectivity index (χ2n) is 4.62. The maximum Gasteiger partial charge on any atom is 0.544 e. The van der Waals surface area contributed by atoms with Crippen LogP contribution in [0.25, 0.3) is 0 Å². The molecule has 0 spiro atoms. The van der Waals surface area contributed by atoms with Crippen LogP contribution in [0.5, 0.6) is 0 Å². The Morgan fingerprint density at radius 1 is 1.48 bits per heavy atom. The minimum Gasteiger partial charge on any atom is -0.294 e. The molecule has 1 aliphatic heterocycles. The largest absolute Gasteiger partial charge is 0.544 e. The van der Waals surface area contributed by atoms with E-state index in [-0.39, 0.29) is 12.2 Å². The zero-order valence-corrected chi connectivity index (χ0v) is 13.3. The number of thioether (sulfide) groups is 2. The second-order valence-corrected chi connectivity index (χ2v) is 7.02. The van der Waals surface area contributed by atoms with Crippen molar-refractivity contribution in [3.8, 4) is 0 Å². The summed E-state index contributed by atoms with van der Waals surface area (Å²) in [5, 5.41) is 0.481. The Morgan fingerprint density at radius 3 is 2.76 bits per heavy atom. The minimum atomic E-state index is -4.74.